The number of halogens is 1. The SMILES string of the molecule is Cc1ccc(C)c(C(NN)c2sccc2Cl)c1. The first-order valence-corrected chi connectivity index (χ1v) is 6.65. The molecule has 0 fully saturated rings. The maximum absolute atomic E-state index is 6.17. The Hall–Kier alpha value is -0.870. The molecule has 0 saturated carbocycles. The molecule has 0 aliphatic carbocycles. The third-order valence-electron chi connectivity index (χ3n) is 2.82. The van der Waals surface area contributed by atoms with E-state index in [1.54, 1.807) is 11.3 Å². The Kier molecular flexibility index (Phi) is 3.84. The topological polar surface area (TPSA) is 38.0 Å². The molecular formula is C13H15ClN2S. The minimum absolute atomic E-state index is 0.0394. The van der Waals surface area contributed by atoms with Crippen molar-refractivity contribution in [3.63, 3.8) is 0 Å². The van der Waals surface area contributed by atoms with Gasteiger partial charge in [0.1, 0.15) is 0 Å². The fourth-order valence-corrected chi connectivity index (χ4v) is 3.13. The number of nitrogens with two attached hydrogens (primary N) is 1. The number of thiophene rings is 1. The van der Waals surface area contributed by atoms with E-state index in [4.69, 9.17) is 17.4 Å². The van der Waals surface area contributed by atoms with Gasteiger partial charge in [-0.2, -0.15) is 0 Å². The minimum Gasteiger partial charge on any atom is -0.271 e. The molecular weight excluding hydrogens is 252 g/mol. The number of benzene rings is 1. The molecule has 1 unspecified atom stereocenters. The average Bonchev–Trinajstić information content (AvgIpc) is 2.71. The van der Waals surface area contributed by atoms with Crippen LogP contribution in [0.3, 0.4) is 0 Å². The Morgan fingerprint density at radius 3 is 2.65 bits per heavy atom. The molecule has 0 saturated heterocycles. The molecule has 1 atom stereocenters. The standard InChI is InChI=1S/C13H15ClN2S/c1-8-3-4-9(2)10(7-8)12(16-15)13-11(14)5-6-17-13/h3-7,12,16H,15H2,1-2H3. The monoisotopic (exact) mass is 266 g/mol. The number of hydrogen-bond acceptors (Lipinski definition) is 3. The predicted octanol–water partition coefficient (Wildman–Crippen LogP) is 3.57. The number of aryl methyl sites for hydroxylation is 2. The zero-order valence-corrected chi connectivity index (χ0v) is 11.4. The molecule has 2 rings (SSSR count). The van der Waals surface area contributed by atoms with Gasteiger partial charge in [0.05, 0.1) is 11.1 Å². The van der Waals surface area contributed by atoms with Crippen molar-refractivity contribution in [3.05, 3.63) is 56.2 Å². The summed E-state index contributed by atoms with van der Waals surface area (Å²) >= 11 is 7.79. The summed E-state index contributed by atoms with van der Waals surface area (Å²) in [6.45, 7) is 4.16. The lowest BCUT2D eigenvalue weighted by atomic mass is 9.98. The fourth-order valence-electron chi connectivity index (χ4n) is 1.89. The van der Waals surface area contributed by atoms with E-state index in [-0.39, 0.29) is 6.04 Å². The van der Waals surface area contributed by atoms with Gasteiger partial charge in [0.2, 0.25) is 0 Å². The molecule has 0 bridgehead atoms. The number of hydrazine groups is 1. The Labute approximate surface area is 110 Å². The van der Waals surface area contributed by atoms with Crippen LogP contribution in [0.4, 0.5) is 0 Å². The van der Waals surface area contributed by atoms with Gasteiger partial charge in [-0.1, -0.05) is 35.4 Å². The summed E-state index contributed by atoms with van der Waals surface area (Å²) < 4.78 is 0. The molecule has 0 amide bonds. The first kappa shape index (κ1) is 12.6. The summed E-state index contributed by atoms with van der Waals surface area (Å²) in [6, 6.07) is 8.22. The van der Waals surface area contributed by atoms with Crippen LogP contribution in [-0.4, -0.2) is 0 Å². The van der Waals surface area contributed by atoms with Crippen molar-refractivity contribution in [3.8, 4) is 0 Å². The van der Waals surface area contributed by atoms with Crippen LogP contribution < -0.4 is 11.3 Å². The predicted molar refractivity (Wildman–Crippen MR) is 74.4 cm³/mol. The van der Waals surface area contributed by atoms with Crippen molar-refractivity contribution in [2.75, 3.05) is 0 Å². The van der Waals surface area contributed by atoms with E-state index in [0.717, 1.165) is 9.90 Å². The smallest absolute Gasteiger partial charge is 0.0820 e. The highest BCUT2D eigenvalue weighted by atomic mass is 35.5. The van der Waals surface area contributed by atoms with Crippen molar-refractivity contribution in [1.29, 1.82) is 0 Å². The summed E-state index contributed by atoms with van der Waals surface area (Å²) in [5.74, 6) is 5.68. The van der Waals surface area contributed by atoms with Crippen LogP contribution in [0.15, 0.2) is 29.6 Å². The molecule has 2 aromatic rings. The van der Waals surface area contributed by atoms with Crippen molar-refractivity contribution >= 4 is 22.9 Å². The molecule has 90 valence electrons. The lowest BCUT2D eigenvalue weighted by molar-refractivity contribution is 0.643. The van der Waals surface area contributed by atoms with E-state index in [1.165, 1.54) is 16.7 Å². The molecule has 0 aliphatic heterocycles. The second-order valence-electron chi connectivity index (χ2n) is 4.09. The Balaban J connectivity index is 2.49. The summed E-state index contributed by atoms with van der Waals surface area (Å²) in [7, 11) is 0. The first-order valence-electron chi connectivity index (χ1n) is 5.39. The summed E-state index contributed by atoms with van der Waals surface area (Å²) in [5, 5.41) is 2.74. The quantitative estimate of drug-likeness (QED) is 0.658. The molecule has 2 nitrogen and oxygen atoms in total. The second kappa shape index (κ2) is 5.19. The minimum atomic E-state index is -0.0394. The molecule has 1 aromatic heterocycles. The molecule has 17 heavy (non-hydrogen) atoms. The molecule has 1 aromatic carbocycles. The van der Waals surface area contributed by atoms with Crippen LogP contribution in [0, 0.1) is 13.8 Å². The van der Waals surface area contributed by atoms with E-state index in [9.17, 15) is 0 Å². The van der Waals surface area contributed by atoms with Crippen LogP contribution in [0.2, 0.25) is 5.02 Å². The average molecular weight is 267 g/mol. The molecule has 1 heterocycles. The Morgan fingerprint density at radius 2 is 2.06 bits per heavy atom. The highest BCUT2D eigenvalue weighted by molar-refractivity contribution is 7.10. The normalized spacial score (nSPS) is 12.7. The maximum atomic E-state index is 6.17. The summed E-state index contributed by atoms with van der Waals surface area (Å²) in [6.07, 6.45) is 0. The number of hydrogen-bond donors (Lipinski definition) is 2. The van der Waals surface area contributed by atoms with E-state index in [1.807, 2.05) is 11.4 Å². The van der Waals surface area contributed by atoms with Crippen LogP contribution >= 0.6 is 22.9 Å². The molecule has 3 N–H and O–H groups in total. The molecule has 0 aliphatic rings. The van der Waals surface area contributed by atoms with Crippen LogP contribution in [0.25, 0.3) is 0 Å². The second-order valence-corrected chi connectivity index (χ2v) is 5.45. The van der Waals surface area contributed by atoms with Gasteiger partial charge >= 0.3 is 0 Å². The Bertz CT molecular complexity index is 522. The van der Waals surface area contributed by atoms with Gasteiger partial charge in [0.15, 0.2) is 0 Å². The van der Waals surface area contributed by atoms with Gasteiger partial charge in [-0.05, 0) is 36.4 Å². The van der Waals surface area contributed by atoms with Gasteiger partial charge in [0, 0.05) is 4.88 Å². The van der Waals surface area contributed by atoms with Crippen molar-refractivity contribution in [2.24, 2.45) is 5.84 Å². The van der Waals surface area contributed by atoms with Crippen LogP contribution in [-0.2, 0) is 0 Å². The third-order valence-corrected chi connectivity index (χ3v) is 4.24. The molecule has 0 radical (unpaired) electrons. The van der Waals surface area contributed by atoms with Gasteiger partial charge < -0.3 is 0 Å². The van der Waals surface area contributed by atoms with E-state index >= 15 is 0 Å². The number of nitrogens with one attached hydrogen (secondary N) is 1. The lowest BCUT2D eigenvalue weighted by Crippen LogP contribution is -2.29. The van der Waals surface area contributed by atoms with E-state index < -0.39 is 0 Å². The van der Waals surface area contributed by atoms with Gasteiger partial charge in [0.25, 0.3) is 0 Å². The van der Waals surface area contributed by atoms with Gasteiger partial charge in [-0.15, -0.1) is 11.3 Å². The summed E-state index contributed by atoms with van der Waals surface area (Å²) in [4.78, 5) is 1.06. The molecule has 4 heteroatoms. The van der Waals surface area contributed by atoms with E-state index in [0.29, 0.717) is 0 Å². The highest BCUT2D eigenvalue weighted by Crippen LogP contribution is 2.33. The maximum Gasteiger partial charge on any atom is 0.0820 e. The fraction of sp³-hybridized carbons (Fsp3) is 0.231. The van der Waals surface area contributed by atoms with Gasteiger partial charge in [-0.3, -0.25) is 5.84 Å². The summed E-state index contributed by atoms with van der Waals surface area (Å²) in [5.41, 5.74) is 6.47. The highest BCUT2D eigenvalue weighted by Gasteiger charge is 2.18. The van der Waals surface area contributed by atoms with Crippen molar-refractivity contribution in [2.45, 2.75) is 19.9 Å². The zero-order chi connectivity index (χ0) is 12.4. The largest absolute Gasteiger partial charge is 0.271 e. The van der Waals surface area contributed by atoms with Crippen LogP contribution in [0.1, 0.15) is 27.6 Å². The first-order chi connectivity index (χ1) is 8.13. The van der Waals surface area contributed by atoms with Crippen molar-refractivity contribution < 1.29 is 0 Å². The van der Waals surface area contributed by atoms with E-state index in [2.05, 4.69) is 37.5 Å². The van der Waals surface area contributed by atoms with Crippen molar-refractivity contribution in [1.82, 2.24) is 5.43 Å². The number of rotatable bonds is 3. The van der Waals surface area contributed by atoms with Gasteiger partial charge in [-0.25, -0.2) is 5.43 Å². The van der Waals surface area contributed by atoms with Crippen LogP contribution in [0.5, 0.6) is 0 Å². The lowest BCUT2D eigenvalue weighted by Gasteiger charge is -2.18. The molecule has 0 spiro atoms. The Morgan fingerprint density at radius 1 is 1.29 bits per heavy atom. The third kappa shape index (κ3) is 2.53. The zero-order valence-electron chi connectivity index (χ0n) is 9.83.